The van der Waals surface area contributed by atoms with Gasteiger partial charge in [-0.3, -0.25) is 81.9 Å². The van der Waals surface area contributed by atoms with Gasteiger partial charge in [0.25, 0.3) is 12.8 Å². The van der Waals surface area contributed by atoms with Gasteiger partial charge in [-0.05, 0) is 54.4 Å². The van der Waals surface area contributed by atoms with E-state index in [4.69, 9.17) is 33.2 Å². The van der Waals surface area contributed by atoms with E-state index in [-0.39, 0.29) is 200 Å². The number of hydrogen-bond acceptors (Lipinski definition) is 24. The van der Waals surface area contributed by atoms with Crippen molar-refractivity contribution in [3.8, 4) is 0 Å². The van der Waals surface area contributed by atoms with Crippen LogP contribution in [-0.2, 0) is 117 Å². The van der Waals surface area contributed by atoms with E-state index in [0.717, 1.165) is 47.9 Å². The molecule has 4 aromatic carbocycles. The lowest BCUT2D eigenvalue weighted by Crippen LogP contribution is -3.21. The third-order valence-corrected chi connectivity index (χ3v) is 24.7. The predicted molar refractivity (Wildman–Crippen MR) is 454 cm³/mol. The summed E-state index contributed by atoms with van der Waals surface area (Å²) in [7, 11) is 0. The lowest BCUT2D eigenvalue weighted by atomic mass is 9.89. The van der Waals surface area contributed by atoms with Crippen molar-refractivity contribution in [2.24, 2.45) is 0 Å². The van der Waals surface area contributed by atoms with Crippen LogP contribution in [0.3, 0.4) is 0 Å². The minimum Gasteiger partial charge on any atom is -0.463 e. The van der Waals surface area contributed by atoms with Gasteiger partial charge in [0.1, 0.15) is 57.3 Å². The van der Waals surface area contributed by atoms with E-state index >= 15 is 9.59 Å². The van der Waals surface area contributed by atoms with Crippen LogP contribution in [0.15, 0.2) is 121 Å². The fourth-order valence-corrected chi connectivity index (χ4v) is 15.9. The summed E-state index contributed by atoms with van der Waals surface area (Å²) in [5, 5.41) is 3.18. The summed E-state index contributed by atoms with van der Waals surface area (Å²) in [5.41, 5.74) is -1.57. The van der Waals surface area contributed by atoms with Crippen molar-refractivity contribution in [2.45, 2.75) is 201 Å². The van der Waals surface area contributed by atoms with Crippen LogP contribution >= 0.6 is 0 Å². The molecule has 0 aliphatic carbocycles. The number of quaternary nitrogens is 3. The van der Waals surface area contributed by atoms with Crippen LogP contribution in [0, 0.1) is 0 Å². The highest BCUT2D eigenvalue weighted by Gasteiger charge is 2.48. The van der Waals surface area contributed by atoms with Crippen molar-refractivity contribution in [3.05, 3.63) is 144 Å². The standard InChI is InChI=1S/C91H136N10O19/c1-13-87(14-2,67-117-75(9)106)92-83(110)42-44-93(48-51-98(71-102)88(15-3,16-4)68-118-76(10)107)54-57-101(74-105,58-55-94(49-52-99(72-103)89(17-5,18-6)69-119-77(11)108)50-53-100(73-104)90(19-7,20-8)70-120-78(12)109)56-43-91(97(45-41-79-33-25-21-26-34-79)61-86(113)116-64-82-39-31-24-32-40-82)65-95(59-84(111)114-62-80-35-27-22-28-36-80)46-47-96(66-91)60-85(112)115-63-81-37-29-23-30-38-81/h21-40,71-74H,13-20,41-70H2,1-12H3/p+3. The monoisotopic (exact) mass is 1680 g/mol. The highest BCUT2D eigenvalue weighted by Crippen LogP contribution is 2.31. The first kappa shape index (κ1) is 101. The van der Waals surface area contributed by atoms with E-state index in [9.17, 15) is 47.9 Å². The van der Waals surface area contributed by atoms with Crippen LogP contribution in [-0.4, -0.2) is 292 Å². The Balaban J connectivity index is 1.85. The fraction of sp³-hybridized carbons (Fsp3) is 0.604. The smallest absolute Gasteiger partial charge is 0.320 e. The van der Waals surface area contributed by atoms with Crippen LogP contribution in [0.4, 0.5) is 0 Å². The Labute approximate surface area is 711 Å². The minimum absolute atomic E-state index is 0.0118. The average Bonchev–Trinajstić information content (AvgIpc) is 1.46. The number of hydrogen-bond donors (Lipinski definition) is 3. The van der Waals surface area contributed by atoms with Gasteiger partial charge in [-0.2, -0.15) is 0 Å². The number of rotatable bonds is 61. The summed E-state index contributed by atoms with van der Waals surface area (Å²) in [6.45, 7) is 21.9. The zero-order valence-electron chi connectivity index (χ0n) is 73.6. The van der Waals surface area contributed by atoms with Crippen LogP contribution in [0.1, 0.15) is 170 Å². The number of nitrogens with one attached hydrogen (secondary N) is 3. The van der Waals surface area contributed by atoms with Crippen molar-refractivity contribution < 1.29 is 105 Å². The summed E-state index contributed by atoms with van der Waals surface area (Å²) in [6, 6.07) is 37.7. The second kappa shape index (κ2) is 52.9. The molecule has 0 saturated carbocycles. The predicted octanol–water partition coefficient (Wildman–Crippen LogP) is 5.62. The molecule has 4 aromatic rings. The molecule has 1 heterocycles. The highest BCUT2D eigenvalue weighted by molar-refractivity contribution is 5.77. The summed E-state index contributed by atoms with van der Waals surface area (Å²) in [5.74, 6) is -4.01. The number of ether oxygens (including phenoxy) is 7. The maximum absolute atomic E-state index is 15.6. The van der Waals surface area contributed by atoms with Crippen LogP contribution in [0.2, 0.25) is 0 Å². The molecule has 5 rings (SSSR count). The molecule has 0 aromatic heterocycles. The molecule has 120 heavy (non-hydrogen) atoms. The summed E-state index contributed by atoms with van der Waals surface area (Å²) >= 11 is 0. The molecule has 5 amide bonds. The third-order valence-electron chi connectivity index (χ3n) is 24.7. The van der Waals surface area contributed by atoms with E-state index in [1.165, 1.54) is 27.7 Å². The van der Waals surface area contributed by atoms with Crippen LogP contribution < -0.4 is 15.1 Å². The molecule has 3 N–H and O–H groups in total. The van der Waals surface area contributed by atoms with Crippen molar-refractivity contribution >= 4 is 73.3 Å². The molecule has 1 fully saturated rings. The van der Waals surface area contributed by atoms with Gasteiger partial charge in [0, 0.05) is 145 Å². The molecule has 3 atom stereocenters. The quantitative estimate of drug-likeness (QED) is 0.0209. The first-order valence-corrected chi connectivity index (χ1v) is 42.9. The number of esters is 7. The first-order valence-electron chi connectivity index (χ1n) is 42.9. The van der Waals surface area contributed by atoms with Gasteiger partial charge in [0.05, 0.1) is 69.0 Å². The van der Waals surface area contributed by atoms with E-state index in [1.807, 2.05) is 191 Å². The van der Waals surface area contributed by atoms with Gasteiger partial charge < -0.3 is 43.4 Å². The Morgan fingerprint density at radius 2 is 0.850 bits per heavy atom. The van der Waals surface area contributed by atoms with E-state index in [1.54, 1.807) is 4.90 Å². The zero-order valence-corrected chi connectivity index (χ0v) is 73.6. The van der Waals surface area contributed by atoms with Crippen molar-refractivity contribution in [2.75, 3.05) is 157 Å². The van der Waals surface area contributed by atoms with E-state index < -0.39 is 69.5 Å². The van der Waals surface area contributed by atoms with Gasteiger partial charge in [0.15, 0.2) is 0 Å². The summed E-state index contributed by atoms with van der Waals surface area (Å²) in [6.07, 6.45) is 7.25. The molecule has 3 unspecified atom stereocenters. The lowest BCUT2D eigenvalue weighted by Gasteiger charge is -2.48. The van der Waals surface area contributed by atoms with Gasteiger partial charge in [-0.25, -0.2) is 14.4 Å². The molecule has 0 bridgehead atoms. The maximum Gasteiger partial charge on any atom is 0.320 e. The molecule has 1 aliphatic heterocycles. The van der Waals surface area contributed by atoms with Crippen LogP contribution in [0.25, 0.3) is 0 Å². The molecular weight excluding hydrogens is 1540 g/mol. The van der Waals surface area contributed by atoms with E-state index in [0.29, 0.717) is 67.6 Å². The van der Waals surface area contributed by atoms with Crippen LogP contribution in [0.5, 0.6) is 0 Å². The number of carbonyl (C=O) groups excluding carboxylic acids is 12. The molecule has 0 spiro atoms. The van der Waals surface area contributed by atoms with Gasteiger partial charge in [0.2, 0.25) is 12.3 Å². The Bertz CT molecular complexity index is 3640. The number of amides is 5. The second-order valence-electron chi connectivity index (χ2n) is 32.1. The Hall–Kier alpha value is -9.20. The molecule has 664 valence electrons. The normalized spacial score (nSPS) is 14.5. The molecule has 29 nitrogen and oxygen atoms in total. The molecule has 1 aliphatic rings. The average molecular weight is 1680 g/mol. The Morgan fingerprint density at radius 1 is 0.450 bits per heavy atom. The van der Waals surface area contributed by atoms with Gasteiger partial charge in [-0.1, -0.05) is 177 Å². The molecule has 29 heteroatoms. The topological polar surface area (TPSA) is 310 Å². The lowest BCUT2D eigenvalue weighted by molar-refractivity contribution is -0.874. The summed E-state index contributed by atoms with van der Waals surface area (Å²) in [4.78, 5) is 178. The first-order chi connectivity index (χ1) is 57.6. The van der Waals surface area contributed by atoms with Crippen molar-refractivity contribution in [3.63, 3.8) is 0 Å². The Morgan fingerprint density at radius 3 is 1.23 bits per heavy atom. The molecular formula is C91H139N10O19+3. The maximum atomic E-state index is 15.6. The third kappa shape index (κ3) is 33.3. The fourth-order valence-electron chi connectivity index (χ4n) is 15.9. The number of benzene rings is 4. The van der Waals surface area contributed by atoms with E-state index in [2.05, 4.69) is 15.1 Å². The second-order valence-corrected chi connectivity index (χ2v) is 32.1. The summed E-state index contributed by atoms with van der Waals surface area (Å²) < 4.78 is 40.5. The Kier molecular flexibility index (Phi) is 44.7. The number of carbonyl (C=O) groups is 12. The number of nitrogens with zero attached hydrogens (tertiary/aromatic N) is 7. The van der Waals surface area contributed by atoms with Gasteiger partial charge in [-0.15, -0.1) is 0 Å². The zero-order chi connectivity index (χ0) is 88.0. The highest BCUT2D eigenvalue weighted by atomic mass is 16.6. The van der Waals surface area contributed by atoms with Crippen molar-refractivity contribution in [1.82, 2.24) is 34.7 Å². The van der Waals surface area contributed by atoms with Gasteiger partial charge >= 0.3 is 48.2 Å². The SMILES string of the molecule is CCC(CC)(COC(C)=O)NC(=O)CCN(CCN(C=O)C(CC)(CC)COC(C)=O)CC[N+](C=O)(CCN(CC[NH+](C=O)C(CC)(CC)COC(C)=O)CC[NH+](C=O)C(CC)(CC)COC(C)=O)CCC1(N(CCc2ccccc2)CC(=O)OCc2ccccc2)CN(CC(=O)OCc2ccccc2)CCN(CC(=O)OCc2ccccc2)C1. The largest absolute Gasteiger partial charge is 0.463 e. The molecule has 1 saturated heterocycles. The molecule has 0 radical (unpaired) electrons. The van der Waals surface area contributed by atoms with Crippen molar-refractivity contribution in [1.29, 1.82) is 0 Å². The minimum atomic E-state index is -1.29.